The summed E-state index contributed by atoms with van der Waals surface area (Å²) >= 11 is 0. The molecule has 72 heavy (non-hydrogen) atoms. The molecule has 0 bridgehead atoms. The monoisotopic (exact) mass is 926 g/mol. The Morgan fingerprint density at radius 1 is 0.153 bits per heavy atom. The summed E-state index contributed by atoms with van der Waals surface area (Å²) < 4.78 is 0. The molecule has 0 atom stereocenters. The largest absolute Gasteiger partial charge is 0.311 e. The van der Waals surface area contributed by atoms with Crippen molar-refractivity contribution in [2.45, 2.75) is 13.8 Å². The number of aryl methyl sites for hydroxylation is 2. The fourth-order valence-corrected chi connectivity index (χ4v) is 9.45. The standard InChI is InChI=1S/C68H54N4/c1-51-23-35-61(36-24-51)69(57-15-7-3-8-16-57)63-39-27-53(28-40-63)54-29-41-64(42-30-54)71(59-19-11-5-12-20-59)65-43-31-55(32-44-65)56-33-45-66(46-34-56)72(60-21-13-6-14-22-60)68-49-47-67(48-50-68)70(58-17-9-4-10-18-58)62-37-25-52(2)26-38-62/h3-50H,1-2H3. The third-order valence-electron chi connectivity index (χ3n) is 13.2. The van der Waals surface area contributed by atoms with Gasteiger partial charge in [0.15, 0.2) is 0 Å². The second kappa shape index (κ2) is 20.7. The first-order valence-corrected chi connectivity index (χ1v) is 24.6. The molecule has 0 aliphatic rings. The lowest BCUT2D eigenvalue weighted by Crippen LogP contribution is -2.12. The second-order valence-corrected chi connectivity index (χ2v) is 18.1. The summed E-state index contributed by atoms with van der Waals surface area (Å²) in [5, 5.41) is 0. The summed E-state index contributed by atoms with van der Waals surface area (Å²) in [4.78, 5) is 9.25. The highest BCUT2D eigenvalue weighted by atomic mass is 15.2. The quantitative estimate of drug-likeness (QED) is 0.108. The van der Waals surface area contributed by atoms with E-state index in [4.69, 9.17) is 0 Å². The van der Waals surface area contributed by atoms with Gasteiger partial charge in [-0.2, -0.15) is 0 Å². The minimum absolute atomic E-state index is 1.08. The maximum absolute atomic E-state index is 2.32. The lowest BCUT2D eigenvalue weighted by atomic mass is 10.0. The van der Waals surface area contributed by atoms with Crippen LogP contribution in [0.25, 0.3) is 22.3 Å². The van der Waals surface area contributed by atoms with Gasteiger partial charge in [0.25, 0.3) is 0 Å². The summed E-state index contributed by atoms with van der Waals surface area (Å²) in [6.07, 6.45) is 0. The number of anilines is 12. The Kier molecular flexibility index (Phi) is 13.0. The molecule has 0 aliphatic heterocycles. The van der Waals surface area contributed by atoms with Gasteiger partial charge in [0.2, 0.25) is 0 Å². The molecule has 0 aromatic heterocycles. The molecule has 0 saturated carbocycles. The van der Waals surface area contributed by atoms with Crippen molar-refractivity contribution < 1.29 is 0 Å². The normalized spacial score (nSPS) is 10.9. The van der Waals surface area contributed by atoms with E-state index in [0.29, 0.717) is 0 Å². The number of para-hydroxylation sites is 4. The third kappa shape index (κ3) is 9.76. The Hall–Kier alpha value is -9.38. The maximum Gasteiger partial charge on any atom is 0.0463 e. The lowest BCUT2D eigenvalue weighted by Gasteiger charge is -2.28. The first-order chi connectivity index (χ1) is 35.5. The van der Waals surface area contributed by atoms with Gasteiger partial charge in [-0.15, -0.1) is 0 Å². The highest BCUT2D eigenvalue weighted by Gasteiger charge is 2.18. The molecule has 0 aliphatic carbocycles. The van der Waals surface area contributed by atoms with Crippen LogP contribution >= 0.6 is 0 Å². The smallest absolute Gasteiger partial charge is 0.0463 e. The zero-order valence-electron chi connectivity index (χ0n) is 40.5. The van der Waals surface area contributed by atoms with Crippen LogP contribution < -0.4 is 19.6 Å². The van der Waals surface area contributed by atoms with Crippen LogP contribution in [-0.2, 0) is 0 Å². The van der Waals surface area contributed by atoms with Crippen LogP contribution in [0.2, 0.25) is 0 Å². The molecule has 0 amide bonds. The number of rotatable bonds is 14. The molecule has 11 rings (SSSR count). The minimum atomic E-state index is 1.08. The highest BCUT2D eigenvalue weighted by Crippen LogP contribution is 2.42. The van der Waals surface area contributed by atoms with Crippen molar-refractivity contribution in [3.05, 3.63) is 302 Å². The van der Waals surface area contributed by atoms with Gasteiger partial charge in [-0.3, -0.25) is 0 Å². The van der Waals surface area contributed by atoms with Crippen LogP contribution in [0.1, 0.15) is 11.1 Å². The average molecular weight is 927 g/mol. The lowest BCUT2D eigenvalue weighted by molar-refractivity contribution is 1.25. The zero-order chi connectivity index (χ0) is 48.6. The van der Waals surface area contributed by atoms with Crippen molar-refractivity contribution in [2.75, 3.05) is 19.6 Å². The van der Waals surface area contributed by atoms with Gasteiger partial charge >= 0.3 is 0 Å². The van der Waals surface area contributed by atoms with Crippen molar-refractivity contribution in [1.82, 2.24) is 0 Å². The Balaban J connectivity index is 0.842. The molecule has 0 saturated heterocycles. The van der Waals surface area contributed by atoms with Gasteiger partial charge in [0.1, 0.15) is 0 Å². The SMILES string of the molecule is Cc1ccc(N(c2ccccc2)c2ccc(-c3ccc(N(c4ccccc4)c4ccc(-c5ccc(N(c6ccccc6)c6ccc(N(c7ccccc7)c7ccc(C)cc7)cc6)cc5)cc4)cc3)cc2)cc1. The van der Waals surface area contributed by atoms with Crippen molar-refractivity contribution in [3.8, 4) is 22.3 Å². The molecule has 4 heteroatoms. The summed E-state index contributed by atoms with van der Waals surface area (Å²) in [5.41, 5.74) is 20.3. The van der Waals surface area contributed by atoms with Crippen molar-refractivity contribution in [3.63, 3.8) is 0 Å². The van der Waals surface area contributed by atoms with Gasteiger partial charge < -0.3 is 19.6 Å². The molecule has 346 valence electrons. The summed E-state index contributed by atoms with van der Waals surface area (Å²) in [7, 11) is 0. The number of benzene rings is 11. The van der Waals surface area contributed by atoms with Crippen LogP contribution in [0.5, 0.6) is 0 Å². The van der Waals surface area contributed by atoms with E-state index in [1.807, 2.05) is 0 Å². The first-order valence-electron chi connectivity index (χ1n) is 24.6. The summed E-state index contributed by atoms with van der Waals surface area (Å²) in [6.45, 7) is 4.25. The van der Waals surface area contributed by atoms with Gasteiger partial charge in [0, 0.05) is 68.2 Å². The van der Waals surface area contributed by atoms with E-state index in [9.17, 15) is 0 Å². The van der Waals surface area contributed by atoms with Gasteiger partial charge in [-0.05, 0) is 182 Å². The van der Waals surface area contributed by atoms with Crippen LogP contribution in [0.4, 0.5) is 68.2 Å². The Bertz CT molecular complexity index is 3460. The molecular weight excluding hydrogens is 873 g/mol. The predicted octanol–water partition coefficient (Wildman–Crippen LogP) is 19.5. The molecule has 0 heterocycles. The van der Waals surface area contributed by atoms with E-state index in [1.54, 1.807) is 0 Å². The van der Waals surface area contributed by atoms with Crippen molar-refractivity contribution in [2.24, 2.45) is 0 Å². The van der Waals surface area contributed by atoms with Crippen LogP contribution in [0, 0.1) is 13.8 Å². The molecule has 11 aromatic carbocycles. The number of hydrogen-bond acceptors (Lipinski definition) is 4. The minimum Gasteiger partial charge on any atom is -0.311 e. The predicted molar refractivity (Wildman–Crippen MR) is 306 cm³/mol. The van der Waals surface area contributed by atoms with E-state index in [-0.39, 0.29) is 0 Å². The molecule has 11 aromatic rings. The maximum atomic E-state index is 2.32. The highest BCUT2D eigenvalue weighted by molar-refractivity contribution is 5.84. The Labute approximate surface area is 424 Å². The molecule has 0 spiro atoms. The van der Waals surface area contributed by atoms with E-state index >= 15 is 0 Å². The topological polar surface area (TPSA) is 13.0 Å². The van der Waals surface area contributed by atoms with Crippen LogP contribution in [0.3, 0.4) is 0 Å². The van der Waals surface area contributed by atoms with Gasteiger partial charge in [-0.25, -0.2) is 0 Å². The zero-order valence-corrected chi connectivity index (χ0v) is 40.5. The Morgan fingerprint density at radius 2 is 0.292 bits per heavy atom. The fourth-order valence-electron chi connectivity index (χ4n) is 9.45. The number of nitrogens with zero attached hydrogens (tertiary/aromatic N) is 4. The van der Waals surface area contributed by atoms with E-state index in [1.165, 1.54) is 11.1 Å². The van der Waals surface area contributed by atoms with E-state index in [0.717, 1.165) is 90.5 Å². The molecule has 4 nitrogen and oxygen atoms in total. The fraction of sp³-hybridized carbons (Fsp3) is 0.0294. The molecule has 0 fully saturated rings. The molecule has 0 unspecified atom stereocenters. The first kappa shape index (κ1) is 45.1. The van der Waals surface area contributed by atoms with E-state index < -0.39 is 0 Å². The van der Waals surface area contributed by atoms with Crippen molar-refractivity contribution >= 4 is 68.2 Å². The third-order valence-corrected chi connectivity index (χ3v) is 13.2. The van der Waals surface area contributed by atoms with Gasteiger partial charge in [-0.1, -0.05) is 157 Å². The molecule has 0 radical (unpaired) electrons. The van der Waals surface area contributed by atoms with Crippen molar-refractivity contribution in [1.29, 1.82) is 0 Å². The molecular formula is C68H54N4. The van der Waals surface area contributed by atoms with Crippen LogP contribution in [0.15, 0.2) is 291 Å². The van der Waals surface area contributed by atoms with Crippen LogP contribution in [-0.4, -0.2) is 0 Å². The number of hydrogen-bond donors (Lipinski definition) is 0. The summed E-state index contributed by atoms with van der Waals surface area (Å²) in [6, 6.07) is 104. The molecule has 0 N–H and O–H groups in total. The Morgan fingerprint density at radius 3 is 0.472 bits per heavy atom. The second-order valence-electron chi connectivity index (χ2n) is 18.1. The average Bonchev–Trinajstić information content (AvgIpc) is 3.45. The van der Waals surface area contributed by atoms with E-state index in [2.05, 4.69) is 325 Å². The van der Waals surface area contributed by atoms with Gasteiger partial charge in [0.05, 0.1) is 0 Å². The summed E-state index contributed by atoms with van der Waals surface area (Å²) in [5.74, 6) is 0.